The molecule has 0 aliphatic heterocycles. The second kappa shape index (κ2) is 5.65. The summed E-state index contributed by atoms with van der Waals surface area (Å²) in [6.07, 6.45) is 0. The van der Waals surface area contributed by atoms with Crippen LogP contribution in [0, 0.1) is 13.8 Å². The van der Waals surface area contributed by atoms with Gasteiger partial charge in [0.25, 0.3) is 0 Å². The van der Waals surface area contributed by atoms with Gasteiger partial charge in [0.1, 0.15) is 0 Å². The lowest BCUT2D eigenvalue weighted by atomic mass is 10.1. The predicted octanol–water partition coefficient (Wildman–Crippen LogP) is 4.02. The molecular formula is C16H18O. The summed E-state index contributed by atoms with van der Waals surface area (Å²) in [5, 5.41) is 0. The molecule has 0 aliphatic rings. The minimum absolute atomic E-state index is 0.682. The van der Waals surface area contributed by atoms with Crippen LogP contribution < -0.4 is 0 Å². The minimum atomic E-state index is 0.682. The first-order valence-corrected chi connectivity index (χ1v) is 5.94. The molecule has 2 aromatic rings. The summed E-state index contributed by atoms with van der Waals surface area (Å²) in [6, 6.07) is 16.7. The smallest absolute Gasteiger partial charge is 0.0724 e. The number of ether oxygens (including phenoxy) is 1. The van der Waals surface area contributed by atoms with E-state index in [0.29, 0.717) is 13.2 Å². The Morgan fingerprint density at radius 2 is 1.12 bits per heavy atom. The van der Waals surface area contributed by atoms with E-state index in [1.807, 2.05) is 0 Å². The minimum Gasteiger partial charge on any atom is -0.372 e. The summed E-state index contributed by atoms with van der Waals surface area (Å²) in [5.74, 6) is 0. The van der Waals surface area contributed by atoms with Gasteiger partial charge in [-0.05, 0) is 36.1 Å². The van der Waals surface area contributed by atoms with Gasteiger partial charge in [-0.1, -0.05) is 48.5 Å². The first-order valence-electron chi connectivity index (χ1n) is 5.94. The molecule has 0 unspecified atom stereocenters. The van der Waals surface area contributed by atoms with Crippen LogP contribution >= 0.6 is 0 Å². The van der Waals surface area contributed by atoms with Crippen LogP contribution in [0.1, 0.15) is 22.3 Å². The second-order valence-electron chi connectivity index (χ2n) is 4.35. The first-order chi connectivity index (χ1) is 8.27. The molecule has 88 valence electrons. The van der Waals surface area contributed by atoms with Crippen molar-refractivity contribution in [2.45, 2.75) is 27.1 Å². The lowest BCUT2D eigenvalue weighted by Gasteiger charge is -2.08. The summed E-state index contributed by atoms with van der Waals surface area (Å²) in [4.78, 5) is 0. The van der Waals surface area contributed by atoms with Crippen molar-refractivity contribution in [2.24, 2.45) is 0 Å². The first kappa shape index (κ1) is 11.9. The predicted molar refractivity (Wildman–Crippen MR) is 70.9 cm³/mol. The SMILES string of the molecule is Cc1ccccc1COCc1ccccc1C. The summed E-state index contributed by atoms with van der Waals surface area (Å²) >= 11 is 0. The third-order valence-electron chi connectivity index (χ3n) is 3.04. The van der Waals surface area contributed by atoms with Crippen LogP contribution in [-0.4, -0.2) is 0 Å². The summed E-state index contributed by atoms with van der Waals surface area (Å²) in [7, 11) is 0. The number of rotatable bonds is 4. The Balaban J connectivity index is 1.93. The molecule has 0 heterocycles. The van der Waals surface area contributed by atoms with E-state index in [0.717, 1.165) is 0 Å². The molecule has 0 atom stereocenters. The molecule has 0 N–H and O–H groups in total. The highest BCUT2D eigenvalue weighted by Crippen LogP contribution is 2.12. The van der Waals surface area contributed by atoms with E-state index in [4.69, 9.17) is 4.74 Å². The van der Waals surface area contributed by atoms with Crippen molar-refractivity contribution in [3.05, 3.63) is 70.8 Å². The fourth-order valence-electron chi connectivity index (χ4n) is 1.82. The van der Waals surface area contributed by atoms with E-state index in [2.05, 4.69) is 62.4 Å². The summed E-state index contributed by atoms with van der Waals surface area (Å²) in [5.41, 5.74) is 5.11. The fraction of sp³-hybridized carbons (Fsp3) is 0.250. The van der Waals surface area contributed by atoms with E-state index in [1.165, 1.54) is 22.3 Å². The van der Waals surface area contributed by atoms with Crippen molar-refractivity contribution in [1.29, 1.82) is 0 Å². The maximum absolute atomic E-state index is 5.77. The number of benzene rings is 2. The topological polar surface area (TPSA) is 9.23 Å². The van der Waals surface area contributed by atoms with Crippen LogP contribution in [-0.2, 0) is 18.0 Å². The molecular weight excluding hydrogens is 208 g/mol. The molecule has 0 radical (unpaired) electrons. The highest BCUT2D eigenvalue weighted by Gasteiger charge is 1.99. The second-order valence-corrected chi connectivity index (χ2v) is 4.35. The van der Waals surface area contributed by atoms with Crippen LogP contribution in [0.4, 0.5) is 0 Å². The third-order valence-corrected chi connectivity index (χ3v) is 3.04. The van der Waals surface area contributed by atoms with E-state index in [-0.39, 0.29) is 0 Å². The highest BCUT2D eigenvalue weighted by atomic mass is 16.5. The average molecular weight is 226 g/mol. The monoisotopic (exact) mass is 226 g/mol. The van der Waals surface area contributed by atoms with Crippen molar-refractivity contribution in [2.75, 3.05) is 0 Å². The van der Waals surface area contributed by atoms with E-state index in [9.17, 15) is 0 Å². The Morgan fingerprint density at radius 1 is 0.706 bits per heavy atom. The molecule has 17 heavy (non-hydrogen) atoms. The molecule has 0 aliphatic carbocycles. The van der Waals surface area contributed by atoms with Crippen molar-refractivity contribution in [3.63, 3.8) is 0 Å². The maximum Gasteiger partial charge on any atom is 0.0724 e. The molecule has 0 amide bonds. The molecule has 0 saturated heterocycles. The van der Waals surface area contributed by atoms with Gasteiger partial charge in [-0.15, -0.1) is 0 Å². The summed E-state index contributed by atoms with van der Waals surface area (Å²) < 4.78 is 5.77. The quantitative estimate of drug-likeness (QED) is 0.765. The molecule has 1 heteroatoms. The van der Waals surface area contributed by atoms with Gasteiger partial charge in [0.05, 0.1) is 13.2 Å². The van der Waals surface area contributed by atoms with Crippen LogP contribution in [0.25, 0.3) is 0 Å². The molecule has 0 fully saturated rings. The van der Waals surface area contributed by atoms with Gasteiger partial charge < -0.3 is 4.74 Å². The Morgan fingerprint density at radius 3 is 1.53 bits per heavy atom. The van der Waals surface area contributed by atoms with Crippen molar-refractivity contribution in [3.8, 4) is 0 Å². The van der Waals surface area contributed by atoms with E-state index >= 15 is 0 Å². The highest BCUT2D eigenvalue weighted by molar-refractivity contribution is 5.26. The number of hydrogen-bond donors (Lipinski definition) is 0. The van der Waals surface area contributed by atoms with Gasteiger partial charge in [-0.3, -0.25) is 0 Å². The molecule has 1 nitrogen and oxygen atoms in total. The largest absolute Gasteiger partial charge is 0.372 e. The van der Waals surface area contributed by atoms with Crippen LogP contribution in [0.5, 0.6) is 0 Å². The molecule has 2 rings (SSSR count). The van der Waals surface area contributed by atoms with Gasteiger partial charge in [-0.25, -0.2) is 0 Å². The van der Waals surface area contributed by atoms with Crippen LogP contribution in [0.15, 0.2) is 48.5 Å². The van der Waals surface area contributed by atoms with E-state index < -0.39 is 0 Å². The van der Waals surface area contributed by atoms with Gasteiger partial charge in [-0.2, -0.15) is 0 Å². The zero-order chi connectivity index (χ0) is 12.1. The molecule has 0 spiro atoms. The van der Waals surface area contributed by atoms with Crippen molar-refractivity contribution >= 4 is 0 Å². The normalized spacial score (nSPS) is 10.5. The average Bonchev–Trinajstić information content (AvgIpc) is 2.34. The van der Waals surface area contributed by atoms with Gasteiger partial charge in [0.15, 0.2) is 0 Å². The van der Waals surface area contributed by atoms with E-state index in [1.54, 1.807) is 0 Å². The van der Waals surface area contributed by atoms with Crippen LogP contribution in [0.2, 0.25) is 0 Å². The lowest BCUT2D eigenvalue weighted by Crippen LogP contribution is -1.97. The van der Waals surface area contributed by atoms with Gasteiger partial charge >= 0.3 is 0 Å². The molecule has 0 saturated carbocycles. The summed E-state index contributed by atoms with van der Waals surface area (Å²) in [6.45, 7) is 5.60. The fourth-order valence-corrected chi connectivity index (χ4v) is 1.82. The molecule has 0 aromatic heterocycles. The van der Waals surface area contributed by atoms with Crippen LogP contribution in [0.3, 0.4) is 0 Å². The number of aryl methyl sites for hydroxylation is 2. The lowest BCUT2D eigenvalue weighted by molar-refractivity contribution is 0.106. The molecule has 2 aromatic carbocycles. The van der Waals surface area contributed by atoms with Gasteiger partial charge in [0, 0.05) is 0 Å². The standard InChI is InChI=1S/C16H18O/c1-13-7-3-5-9-15(13)11-17-12-16-10-6-4-8-14(16)2/h3-10H,11-12H2,1-2H3. The number of hydrogen-bond acceptors (Lipinski definition) is 1. The zero-order valence-electron chi connectivity index (χ0n) is 10.4. The Bertz CT molecular complexity index is 443. The zero-order valence-corrected chi connectivity index (χ0v) is 10.4. The third kappa shape index (κ3) is 3.18. The Labute approximate surface area is 103 Å². The maximum atomic E-state index is 5.77. The molecule has 0 bridgehead atoms. The Kier molecular flexibility index (Phi) is 3.94. The Hall–Kier alpha value is -1.60. The van der Waals surface area contributed by atoms with Crippen molar-refractivity contribution in [1.82, 2.24) is 0 Å². The van der Waals surface area contributed by atoms with Crippen molar-refractivity contribution < 1.29 is 4.74 Å². The van der Waals surface area contributed by atoms with Gasteiger partial charge in [0.2, 0.25) is 0 Å².